The molecular formula is C49H39NO4. The summed E-state index contributed by atoms with van der Waals surface area (Å²) in [6.07, 6.45) is 4.51. The van der Waals surface area contributed by atoms with E-state index in [0.29, 0.717) is 26.4 Å². The Labute approximate surface area is 314 Å². The highest BCUT2D eigenvalue weighted by molar-refractivity contribution is 6.19. The van der Waals surface area contributed by atoms with Crippen LogP contribution < -0.4 is 9.47 Å². The van der Waals surface area contributed by atoms with Crippen molar-refractivity contribution in [2.75, 3.05) is 33.5 Å². The zero-order valence-corrected chi connectivity index (χ0v) is 30.3. The molecule has 0 radical (unpaired) electrons. The molecule has 0 N–H and O–H groups in total. The predicted octanol–water partition coefficient (Wildman–Crippen LogP) is 11.3. The molecule has 54 heavy (non-hydrogen) atoms. The number of para-hydroxylation sites is 2. The molecule has 2 heterocycles. The zero-order valence-electron chi connectivity index (χ0n) is 30.3. The third-order valence-electron chi connectivity index (χ3n) is 11.2. The maximum Gasteiger partial charge on any atom is 0.178 e. The summed E-state index contributed by atoms with van der Waals surface area (Å²) in [5.41, 5.74) is 12.1. The molecule has 1 unspecified atom stereocenters. The van der Waals surface area contributed by atoms with Gasteiger partial charge in [0, 0.05) is 51.0 Å². The molecule has 0 amide bonds. The molecule has 0 saturated carbocycles. The van der Waals surface area contributed by atoms with Crippen LogP contribution in [0.1, 0.15) is 22.3 Å². The smallest absolute Gasteiger partial charge is 0.178 e. The maximum atomic E-state index is 7.50. The summed E-state index contributed by atoms with van der Waals surface area (Å²) in [6.45, 7) is 4.30. The lowest BCUT2D eigenvalue weighted by Crippen LogP contribution is -2.34. The minimum absolute atomic E-state index is 0.459. The molecule has 1 aliphatic heterocycles. The lowest BCUT2D eigenvalue weighted by molar-refractivity contribution is 0.0544. The Morgan fingerprint density at radius 2 is 1.20 bits per heavy atom. The van der Waals surface area contributed by atoms with Crippen LogP contribution in [-0.2, 0) is 15.1 Å². The largest absolute Gasteiger partial charge is 0.491 e. The highest BCUT2D eigenvalue weighted by Crippen LogP contribution is 2.55. The first-order valence-electron chi connectivity index (χ1n) is 18.6. The van der Waals surface area contributed by atoms with E-state index in [9.17, 15) is 0 Å². The van der Waals surface area contributed by atoms with E-state index in [1.807, 2.05) is 12.1 Å². The molecule has 0 spiro atoms. The van der Waals surface area contributed by atoms with Gasteiger partial charge in [-0.2, -0.15) is 0 Å². The number of hydrogen-bond acceptors (Lipinski definition) is 4. The van der Waals surface area contributed by atoms with E-state index in [4.69, 9.17) is 18.9 Å². The summed E-state index contributed by atoms with van der Waals surface area (Å²) < 4.78 is 26.6. The van der Waals surface area contributed by atoms with Crippen LogP contribution >= 0.6 is 0 Å². The third-order valence-corrected chi connectivity index (χ3v) is 11.2. The van der Waals surface area contributed by atoms with Crippen LogP contribution in [0.2, 0.25) is 0 Å². The quantitative estimate of drug-likeness (QED) is 0.133. The van der Waals surface area contributed by atoms with Gasteiger partial charge in [-0.25, -0.2) is 0 Å². The summed E-state index contributed by atoms with van der Waals surface area (Å²) in [7, 11) is 1.67. The van der Waals surface area contributed by atoms with Crippen molar-refractivity contribution in [3.8, 4) is 39.4 Å². The van der Waals surface area contributed by atoms with Gasteiger partial charge in [-0.1, -0.05) is 109 Å². The molecule has 5 heteroatoms. The molecule has 7 aromatic carbocycles. The van der Waals surface area contributed by atoms with Gasteiger partial charge in [-0.15, -0.1) is 0 Å². The molecule has 8 aromatic rings. The van der Waals surface area contributed by atoms with Crippen LogP contribution in [0.25, 0.3) is 66.6 Å². The molecule has 5 nitrogen and oxygen atoms in total. The van der Waals surface area contributed by atoms with Crippen molar-refractivity contribution >= 4 is 38.7 Å². The monoisotopic (exact) mass is 705 g/mol. The zero-order chi connectivity index (χ0) is 36.2. The van der Waals surface area contributed by atoms with Gasteiger partial charge in [-0.05, 0) is 77.2 Å². The predicted molar refractivity (Wildman–Crippen MR) is 219 cm³/mol. The molecule has 0 bridgehead atoms. The van der Waals surface area contributed by atoms with Crippen molar-refractivity contribution in [3.05, 3.63) is 168 Å². The van der Waals surface area contributed by atoms with Crippen LogP contribution in [0, 0.1) is 6.92 Å². The summed E-state index contributed by atoms with van der Waals surface area (Å²) in [5, 5.41) is 4.88. The Balaban J connectivity index is 1.09. The van der Waals surface area contributed by atoms with Gasteiger partial charge in [0.05, 0.1) is 30.9 Å². The Morgan fingerprint density at radius 1 is 0.593 bits per heavy atom. The Bertz CT molecular complexity index is 2690. The number of hydrogen-bond donors (Lipinski definition) is 0. The summed E-state index contributed by atoms with van der Waals surface area (Å²) >= 11 is 0. The first kappa shape index (κ1) is 32.5. The Morgan fingerprint density at radius 3 is 1.93 bits per heavy atom. The second-order valence-corrected chi connectivity index (χ2v) is 14.1. The van der Waals surface area contributed by atoms with Crippen LogP contribution in [0.5, 0.6) is 11.5 Å². The average molecular weight is 706 g/mol. The van der Waals surface area contributed by atoms with Gasteiger partial charge in [-0.3, -0.25) is 0 Å². The van der Waals surface area contributed by atoms with Crippen molar-refractivity contribution in [2.45, 2.75) is 12.5 Å². The molecule has 1 aromatic heterocycles. The van der Waals surface area contributed by atoms with Gasteiger partial charge in [0.2, 0.25) is 0 Å². The molecule has 2 aliphatic rings. The van der Waals surface area contributed by atoms with Gasteiger partial charge in [0.25, 0.3) is 0 Å². The highest BCUT2D eigenvalue weighted by atomic mass is 16.5. The van der Waals surface area contributed by atoms with Crippen molar-refractivity contribution in [3.63, 3.8) is 0 Å². The average Bonchev–Trinajstić information content (AvgIpc) is 3.75. The van der Waals surface area contributed by atoms with E-state index < -0.39 is 5.60 Å². The van der Waals surface area contributed by atoms with Crippen LogP contribution in [0.4, 0.5) is 0 Å². The number of rotatable bonds is 10. The van der Waals surface area contributed by atoms with Crippen molar-refractivity contribution in [2.24, 2.45) is 0 Å². The number of ether oxygens (including phenoxy) is 4. The molecule has 1 aliphatic carbocycles. The number of methoxy groups -OCH3 is 1. The van der Waals surface area contributed by atoms with Gasteiger partial charge in [0.1, 0.15) is 18.1 Å². The van der Waals surface area contributed by atoms with Crippen molar-refractivity contribution in [1.82, 2.24) is 4.57 Å². The second kappa shape index (κ2) is 13.1. The Kier molecular flexibility index (Phi) is 7.86. The fourth-order valence-corrected chi connectivity index (χ4v) is 8.65. The Hall–Kier alpha value is -6.14. The minimum Gasteiger partial charge on any atom is -0.491 e. The van der Waals surface area contributed by atoms with Gasteiger partial charge < -0.3 is 23.5 Å². The van der Waals surface area contributed by atoms with Crippen LogP contribution in [-0.4, -0.2) is 38.1 Å². The highest BCUT2D eigenvalue weighted by Gasteiger charge is 2.40. The number of aromatic nitrogens is 1. The van der Waals surface area contributed by atoms with Gasteiger partial charge in [0.15, 0.2) is 5.60 Å². The first-order valence-corrected chi connectivity index (χ1v) is 18.6. The number of nitrogens with zero attached hydrogens (tertiary/aromatic N) is 1. The number of fused-ring (bicyclic) bond motifs is 8. The molecule has 0 saturated heterocycles. The summed E-state index contributed by atoms with van der Waals surface area (Å²) in [4.78, 5) is 0. The standard InChI is InChI=1S/C49H39NO4/c1-32-37-26-27-49(34-20-24-36(25-21-34)53-31-30-52-29-28-51-2,54-48(37)43-15-9-14-42-38-10-3-4-13-41(38)46(32)47(42)43)33-18-22-35(23-19-33)50-44-16-7-5-11-39(44)40-12-6-8-17-45(40)50/h3-27H,28-31H2,1-2H3. The molecule has 1 atom stereocenters. The van der Waals surface area contributed by atoms with E-state index in [1.165, 1.54) is 55.0 Å². The summed E-state index contributed by atoms with van der Waals surface area (Å²) in [6, 6.07) is 49.8. The van der Waals surface area contributed by atoms with E-state index in [-0.39, 0.29) is 0 Å². The first-order chi connectivity index (χ1) is 26.7. The third kappa shape index (κ3) is 5.00. The SMILES string of the molecule is COCCOCCOc1ccc(C2(c3ccc(-n4c5ccccc5c5ccccc54)cc3)C=Cc3c(C)c4c5c(cccc5c3O2)-c2ccccc2-4)cc1. The van der Waals surface area contributed by atoms with Gasteiger partial charge >= 0.3 is 0 Å². The summed E-state index contributed by atoms with van der Waals surface area (Å²) in [5.74, 6) is 1.69. The lowest BCUT2D eigenvalue weighted by atomic mass is 9.82. The van der Waals surface area contributed by atoms with E-state index in [0.717, 1.165) is 39.3 Å². The lowest BCUT2D eigenvalue weighted by Gasteiger charge is -2.37. The minimum atomic E-state index is -0.897. The van der Waals surface area contributed by atoms with Crippen molar-refractivity contribution in [1.29, 1.82) is 0 Å². The fraction of sp³-hybridized carbons (Fsp3) is 0.143. The molecule has 0 fully saturated rings. The van der Waals surface area contributed by atoms with Crippen molar-refractivity contribution < 1.29 is 18.9 Å². The van der Waals surface area contributed by atoms with Crippen LogP contribution in [0.15, 0.2) is 146 Å². The fourth-order valence-electron chi connectivity index (χ4n) is 8.65. The second-order valence-electron chi connectivity index (χ2n) is 14.1. The molecular weight excluding hydrogens is 667 g/mol. The van der Waals surface area contributed by atoms with E-state index >= 15 is 0 Å². The molecule has 264 valence electrons. The van der Waals surface area contributed by atoms with E-state index in [2.05, 4.69) is 151 Å². The number of benzene rings is 7. The molecule has 10 rings (SSSR count). The van der Waals surface area contributed by atoms with Crippen LogP contribution in [0.3, 0.4) is 0 Å². The normalized spacial score (nSPS) is 15.4. The maximum absolute atomic E-state index is 7.50. The van der Waals surface area contributed by atoms with E-state index in [1.54, 1.807) is 7.11 Å². The topological polar surface area (TPSA) is 41.9 Å².